The summed E-state index contributed by atoms with van der Waals surface area (Å²) in [5.74, 6) is -2.09. The summed E-state index contributed by atoms with van der Waals surface area (Å²) in [4.78, 5) is 10.1. The van der Waals surface area contributed by atoms with Crippen molar-refractivity contribution >= 4 is 0 Å². The molecule has 0 aliphatic rings. The van der Waals surface area contributed by atoms with Crippen molar-refractivity contribution in [1.29, 1.82) is 0 Å². The van der Waals surface area contributed by atoms with E-state index in [9.17, 15) is 22.0 Å². The monoisotopic (exact) mass is 300 g/mol. The molecular weight excluding hydrogens is 293 g/mol. The lowest BCUT2D eigenvalue weighted by molar-refractivity contribution is -0.141. The Labute approximate surface area is 115 Å². The first-order valence-corrected chi connectivity index (χ1v) is 5.57. The molecule has 0 saturated carbocycles. The standard InChI is InChI=1S/C13H7F5N3/c1-19-6-9-12(15)11(8(14)5-20-9)7-2-3-10(21-4-7)13(16,17)18/h2-5H,1H3/q+1. The smallest absolute Gasteiger partial charge is 0.251 e. The predicted octanol–water partition coefficient (Wildman–Crippen LogP) is 3.75. The third-order valence-electron chi connectivity index (χ3n) is 2.53. The van der Waals surface area contributed by atoms with Gasteiger partial charge in [0, 0.05) is 11.8 Å². The Morgan fingerprint density at radius 3 is 2.33 bits per heavy atom. The Morgan fingerprint density at radius 1 is 1.10 bits per heavy atom. The van der Waals surface area contributed by atoms with Gasteiger partial charge in [-0.15, -0.1) is 0 Å². The first kappa shape index (κ1) is 14.8. The van der Waals surface area contributed by atoms with E-state index in [2.05, 4.69) is 20.9 Å². The van der Waals surface area contributed by atoms with Crippen LogP contribution in [0.25, 0.3) is 16.0 Å². The van der Waals surface area contributed by atoms with Crippen LogP contribution < -0.4 is 0 Å². The van der Waals surface area contributed by atoms with Crippen LogP contribution >= 0.6 is 0 Å². The average molecular weight is 300 g/mol. The molecule has 0 aromatic carbocycles. The minimum absolute atomic E-state index is 0.139. The second kappa shape index (κ2) is 5.44. The number of hydrogen-bond acceptors (Lipinski definition) is 2. The van der Waals surface area contributed by atoms with Crippen molar-refractivity contribution in [2.24, 2.45) is 0 Å². The molecule has 2 aromatic heterocycles. The SMILES string of the molecule is C[N+]#Cc1ncc(F)c(-c2ccc(C(F)(F)F)nc2)c1F. The number of rotatable bonds is 1. The summed E-state index contributed by atoms with van der Waals surface area (Å²) in [7, 11) is 1.32. The van der Waals surface area contributed by atoms with Crippen molar-refractivity contribution in [2.75, 3.05) is 7.05 Å². The summed E-state index contributed by atoms with van der Waals surface area (Å²) in [6.07, 6.45) is -3.14. The Kier molecular flexibility index (Phi) is 3.84. The maximum absolute atomic E-state index is 14.1. The fraction of sp³-hybridized carbons (Fsp3) is 0.154. The molecule has 108 valence electrons. The van der Waals surface area contributed by atoms with E-state index in [0.29, 0.717) is 6.07 Å². The van der Waals surface area contributed by atoms with Gasteiger partial charge in [-0.25, -0.2) is 13.8 Å². The van der Waals surface area contributed by atoms with Crippen molar-refractivity contribution in [3.8, 4) is 17.2 Å². The molecular formula is C13H7F5N3+. The molecule has 3 nitrogen and oxygen atoms in total. The number of aromatic nitrogens is 2. The maximum Gasteiger partial charge on any atom is 0.433 e. The third kappa shape index (κ3) is 2.97. The van der Waals surface area contributed by atoms with E-state index in [4.69, 9.17) is 0 Å². The number of pyridine rings is 2. The van der Waals surface area contributed by atoms with Crippen LogP contribution in [-0.4, -0.2) is 17.0 Å². The van der Waals surface area contributed by atoms with E-state index in [-0.39, 0.29) is 11.3 Å². The number of halogens is 5. The van der Waals surface area contributed by atoms with Crippen LogP contribution in [-0.2, 0) is 6.18 Å². The Balaban J connectivity index is 2.56. The topological polar surface area (TPSA) is 30.1 Å². The van der Waals surface area contributed by atoms with Crippen molar-refractivity contribution in [3.05, 3.63) is 52.4 Å². The zero-order valence-electron chi connectivity index (χ0n) is 10.5. The molecule has 0 saturated heterocycles. The molecule has 2 aromatic rings. The van der Waals surface area contributed by atoms with Gasteiger partial charge >= 0.3 is 12.2 Å². The molecule has 0 fully saturated rings. The van der Waals surface area contributed by atoms with Gasteiger partial charge in [-0.1, -0.05) is 10.9 Å². The molecule has 0 unspecified atom stereocenters. The lowest BCUT2D eigenvalue weighted by Gasteiger charge is -2.08. The minimum atomic E-state index is -4.62. The zero-order valence-corrected chi connectivity index (χ0v) is 10.5. The number of alkyl halides is 3. The van der Waals surface area contributed by atoms with Gasteiger partial charge in [0.2, 0.25) is 5.69 Å². The lowest BCUT2D eigenvalue weighted by atomic mass is 10.1. The molecule has 8 heteroatoms. The van der Waals surface area contributed by atoms with Gasteiger partial charge in [-0.2, -0.15) is 13.2 Å². The normalized spacial score (nSPS) is 11.0. The van der Waals surface area contributed by atoms with E-state index in [1.807, 2.05) is 0 Å². The largest absolute Gasteiger partial charge is 0.433 e. The van der Waals surface area contributed by atoms with E-state index in [1.54, 1.807) is 0 Å². The first-order valence-electron chi connectivity index (χ1n) is 5.57. The van der Waals surface area contributed by atoms with E-state index < -0.39 is 29.1 Å². The summed E-state index contributed by atoms with van der Waals surface area (Å²) in [6, 6.07) is 3.80. The number of nitrogens with zero attached hydrogens (tertiary/aromatic N) is 3. The fourth-order valence-corrected chi connectivity index (χ4v) is 1.62. The Bertz CT molecular complexity index is 726. The van der Waals surface area contributed by atoms with Gasteiger partial charge in [0.05, 0.1) is 11.8 Å². The molecule has 2 heterocycles. The van der Waals surface area contributed by atoms with Crippen LogP contribution in [0, 0.1) is 17.7 Å². The average Bonchev–Trinajstić information content (AvgIpc) is 2.42. The maximum atomic E-state index is 14.1. The summed E-state index contributed by atoms with van der Waals surface area (Å²) in [6.45, 7) is 0. The van der Waals surface area contributed by atoms with Gasteiger partial charge in [0.15, 0.2) is 11.6 Å². The van der Waals surface area contributed by atoms with Gasteiger partial charge in [-0.3, -0.25) is 4.98 Å². The second-order valence-electron chi connectivity index (χ2n) is 3.91. The molecule has 0 amide bonds. The minimum Gasteiger partial charge on any atom is -0.251 e. The van der Waals surface area contributed by atoms with Crippen LogP contribution in [0.2, 0.25) is 0 Å². The third-order valence-corrected chi connectivity index (χ3v) is 2.53. The van der Waals surface area contributed by atoms with Gasteiger partial charge < -0.3 is 0 Å². The van der Waals surface area contributed by atoms with Gasteiger partial charge in [-0.05, 0) is 6.07 Å². The summed E-state index contributed by atoms with van der Waals surface area (Å²) in [5.41, 5.74) is -2.16. The Hall–Kier alpha value is -2.56. The molecule has 0 radical (unpaired) electrons. The van der Waals surface area contributed by atoms with Crippen molar-refractivity contribution in [3.63, 3.8) is 0 Å². The molecule has 21 heavy (non-hydrogen) atoms. The molecule has 2 rings (SSSR count). The van der Waals surface area contributed by atoms with Crippen LogP contribution in [0.3, 0.4) is 0 Å². The van der Waals surface area contributed by atoms with Crippen molar-refractivity contribution in [2.45, 2.75) is 6.18 Å². The van der Waals surface area contributed by atoms with Crippen LogP contribution in [0.4, 0.5) is 22.0 Å². The first-order chi connectivity index (χ1) is 9.84. The quantitative estimate of drug-likeness (QED) is 0.751. The highest BCUT2D eigenvalue weighted by Gasteiger charge is 2.32. The highest BCUT2D eigenvalue weighted by Crippen LogP contribution is 2.31. The number of hydrogen-bond donors (Lipinski definition) is 0. The predicted molar refractivity (Wildman–Crippen MR) is 64.7 cm³/mol. The van der Waals surface area contributed by atoms with Gasteiger partial charge in [0.1, 0.15) is 5.69 Å². The van der Waals surface area contributed by atoms with E-state index >= 15 is 0 Å². The van der Waals surface area contributed by atoms with Crippen LogP contribution in [0.1, 0.15) is 11.4 Å². The van der Waals surface area contributed by atoms with Crippen LogP contribution in [0.5, 0.6) is 0 Å². The Morgan fingerprint density at radius 2 is 1.81 bits per heavy atom. The molecule has 0 atom stereocenters. The van der Waals surface area contributed by atoms with Crippen LogP contribution in [0.15, 0.2) is 24.5 Å². The van der Waals surface area contributed by atoms with Crippen molar-refractivity contribution in [1.82, 2.24) is 9.97 Å². The molecule has 0 N–H and O–H groups in total. The second-order valence-corrected chi connectivity index (χ2v) is 3.91. The summed E-state index contributed by atoms with van der Waals surface area (Å²) < 4.78 is 65.0. The highest BCUT2D eigenvalue weighted by atomic mass is 19.4. The van der Waals surface area contributed by atoms with E-state index in [1.165, 1.54) is 7.05 Å². The summed E-state index contributed by atoms with van der Waals surface area (Å²) >= 11 is 0. The lowest BCUT2D eigenvalue weighted by Crippen LogP contribution is -2.07. The van der Waals surface area contributed by atoms with Crippen molar-refractivity contribution < 1.29 is 22.0 Å². The molecule has 0 aliphatic carbocycles. The molecule has 0 spiro atoms. The fourth-order valence-electron chi connectivity index (χ4n) is 1.62. The highest BCUT2D eigenvalue weighted by molar-refractivity contribution is 5.65. The molecule has 0 bridgehead atoms. The summed E-state index contributed by atoms with van der Waals surface area (Å²) in [5, 5.41) is 0. The zero-order chi connectivity index (χ0) is 15.6. The van der Waals surface area contributed by atoms with E-state index in [0.717, 1.165) is 18.5 Å². The molecule has 0 aliphatic heterocycles. The van der Waals surface area contributed by atoms with Gasteiger partial charge in [0.25, 0.3) is 7.05 Å².